The highest BCUT2D eigenvalue weighted by Crippen LogP contribution is 2.30. The van der Waals surface area contributed by atoms with E-state index in [1.807, 2.05) is 55.5 Å². The number of hydrogen-bond acceptors (Lipinski definition) is 9. The number of fused-ring (bicyclic) bond motifs is 2. The zero-order chi connectivity index (χ0) is 33.6. The van der Waals surface area contributed by atoms with Crippen LogP contribution in [0.25, 0.3) is 27.8 Å². The molecule has 11 nitrogen and oxygen atoms in total. The Hall–Kier alpha value is -4.87. The quantitative estimate of drug-likeness (QED) is 0.124. The molecule has 1 aliphatic heterocycles. The van der Waals surface area contributed by atoms with E-state index in [-0.39, 0.29) is 11.8 Å². The number of aryl methyl sites for hydroxylation is 1. The van der Waals surface area contributed by atoms with Gasteiger partial charge >= 0.3 is 0 Å². The first-order valence-electron chi connectivity index (χ1n) is 16.8. The lowest BCUT2D eigenvalue weighted by Crippen LogP contribution is -2.31. The summed E-state index contributed by atoms with van der Waals surface area (Å²) in [5.41, 5.74) is 7.37. The van der Waals surface area contributed by atoms with Gasteiger partial charge in [0.1, 0.15) is 0 Å². The number of piperidine rings is 1. The molecular weight excluding hydrogens is 600 g/mol. The van der Waals surface area contributed by atoms with Gasteiger partial charge in [-0.2, -0.15) is 19.6 Å². The van der Waals surface area contributed by atoms with Crippen molar-refractivity contribution in [3.63, 3.8) is 0 Å². The third-order valence-electron chi connectivity index (χ3n) is 8.85. The zero-order valence-electron chi connectivity index (χ0n) is 28.5. The molecule has 1 fully saturated rings. The normalized spacial score (nSPS) is 14.1. The van der Waals surface area contributed by atoms with Gasteiger partial charge in [0.2, 0.25) is 17.8 Å². The topological polar surface area (TPSA) is 124 Å². The monoisotopic (exact) mass is 646 g/mol. The lowest BCUT2D eigenvalue weighted by Gasteiger charge is -2.23. The maximum Gasteiger partial charge on any atom is 0.248 e. The number of carbonyl (C=O) groups excluding carboxylic acids is 1. The minimum Gasteiger partial charge on any atom is -0.354 e. The second-order valence-electron chi connectivity index (χ2n) is 13.1. The highest BCUT2D eigenvalue weighted by atomic mass is 16.1. The van der Waals surface area contributed by atoms with E-state index in [2.05, 4.69) is 71.4 Å². The summed E-state index contributed by atoms with van der Waals surface area (Å²) < 4.78 is 1.80. The minimum atomic E-state index is -0.183. The summed E-state index contributed by atoms with van der Waals surface area (Å²) in [5.74, 6) is 1.92. The predicted octanol–water partition coefficient (Wildman–Crippen LogP) is 5.85. The number of para-hydroxylation sites is 1. The minimum absolute atomic E-state index is 0.183. The Kier molecular flexibility index (Phi) is 10.3. The largest absolute Gasteiger partial charge is 0.354 e. The Balaban J connectivity index is 1.29. The fourth-order valence-electron chi connectivity index (χ4n) is 6.10. The fraction of sp³-hybridized carbons (Fsp3) is 0.378. The number of benzene rings is 2. The van der Waals surface area contributed by atoms with Gasteiger partial charge in [-0.1, -0.05) is 56.3 Å². The molecule has 4 heterocycles. The highest BCUT2D eigenvalue weighted by Gasteiger charge is 2.19. The van der Waals surface area contributed by atoms with E-state index < -0.39 is 0 Å². The van der Waals surface area contributed by atoms with E-state index in [0.717, 1.165) is 77.0 Å². The van der Waals surface area contributed by atoms with Crippen LogP contribution in [0.3, 0.4) is 0 Å². The second-order valence-corrected chi connectivity index (χ2v) is 13.1. The van der Waals surface area contributed by atoms with Crippen molar-refractivity contribution in [2.45, 2.75) is 46.1 Å². The Morgan fingerprint density at radius 2 is 1.85 bits per heavy atom. The smallest absolute Gasteiger partial charge is 0.248 e. The van der Waals surface area contributed by atoms with E-state index in [0.29, 0.717) is 36.6 Å². The van der Waals surface area contributed by atoms with Gasteiger partial charge in [0.25, 0.3) is 0 Å². The van der Waals surface area contributed by atoms with Crippen molar-refractivity contribution >= 4 is 40.0 Å². The maximum absolute atomic E-state index is 12.7. The summed E-state index contributed by atoms with van der Waals surface area (Å²) in [4.78, 5) is 29.6. The number of carbonyl (C=O) groups is 1. The highest BCUT2D eigenvalue weighted by molar-refractivity contribution is 6.05. The van der Waals surface area contributed by atoms with Crippen LogP contribution in [0.15, 0.2) is 66.9 Å². The van der Waals surface area contributed by atoms with Crippen molar-refractivity contribution in [1.82, 2.24) is 34.8 Å². The van der Waals surface area contributed by atoms with Crippen LogP contribution in [0.4, 0.5) is 17.6 Å². The first-order chi connectivity index (χ1) is 23.3. The molecule has 6 rings (SSSR count). The van der Waals surface area contributed by atoms with Crippen LogP contribution >= 0.6 is 0 Å². The van der Waals surface area contributed by atoms with Gasteiger partial charge in [0.05, 0.1) is 23.1 Å². The molecular formula is C37H46N10O. The Morgan fingerprint density at radius 3 is 2.65 bits per heavy atom. The number of nitrogens with zero attached hydrogens (tertiary/aromatic N) is 6. The molecule has 1 amide bonds. The maximum atomic E-state index is 12.7. The summed E-state index contributed by atoms with van der Waals surface area (Å²) in [6.07, 6.45) is 7.59. The summed E-state index contributed by atoms with van der Waals surface area (Å²) >= 11 is 0. The number of pyridine rings is 1. The molecule has 48 heavy (non-hydrogen) atoms. The van der Waals surface area contributed by atoms with Crippen LogP contribution in [0.2, 0.25) is 0 Å². The van der Waals surface area contributed by atoms with Crippen molar-refractivity contribution < 1.29 is 4.79 Å². The molecule has 0 saturated carbocycles. The number of amides is 1. The average molecular weight is 647 g/mol. The van der Waals surface area contributed by atoms with Gasteiger partial charge in [-0.3, -0.25) is 4.79 Å². The van der Waals surface area contributed by atoms with E-state index in [1.165, 1.54) is 0 Å². The van der Waals surface area contributed by atoms with Gasteiger partial charge < -0.3 is 26.2 Å². The standard InChI is InChI=1S/C37H46N10O/c1-24(2)29-23-41-47-35(29)44-36(39-21-26-16-18-38-19-17-26)45-37(47)40-22-30-25(3)9-6-11-28(30)31-15-14-27-10-7-12-32(34(27)43-31)42-33(48)13-8-20-46(4)5/h6-15,23-24,26,38H,16-22H2,1-5H3,(H,42,48)(H2,39,40,44,45)/b13-8+. The van der Waals surface area contributed by atoms with Crippen LogP contribution in [-0.4, -0.2) is 75.6 Å². The summed E-state index contributed by atoms with van der Waals surface area (Å²) in [7, 11) is 3.93. The van der Waals surface area contributed by atoms with Gasteiger partial charge in [-0.25, -0.2) is 4.98 Å². The molecule has 0 atom stereocenters. The molecule has 0 aliphatic carbocycles. The number of hydrogen-bond donors (Lipinski definition) is 4. The number of rotatable bonds is 12. The van der Waals surface area contributed by atoms with Crippen LogP contribution in [0.5, 0.6) is 0 Å². The third kappa shape index (κ3) is 7.64. The van der Waals surface area contributed by atoms with Gasteiger partial charge in [0.15, 0.2) is 5.65 Å². The van der Waals surface area contributed by atoms with Crippen molar-refractivity contribution in [3.8, 4) is 11.3 Å². The molecule has 0 radical (unpaired) electrons. The van der Waals surface area contributed by atoms with E-state index in [1.54, 1.807) is 10.6 Å². The van der Waals surface area contributed by atoms with Crippen molar-refractivity contribution in [1.29, 1.82) is 0 Å². The third-order valence-corrected chi connectivity index (χ3v) is 8.85. The number of likely N-dealkylation sites (N-methyl/N-ethyl adjacent to an activating group) is 1. The Bertz CT molecular complexity index is 1920. The lowest BCUT2D eigenvalue weighted by atomic mass is 9.98. The predicted molar refractivity (Wildman–Crippen MR) is 195 cm³/mol. The summed E-state index contributed by atoms with van der Waals surface area (Å²) in [5, 5.41) is 19.2. The second kappa shape index (κ2) is 14.9. The molecule has 250 valence electrons. The molecule has 11 heteroatoms. The SMILES string of the molecule is Cc1cccc(-c2ccc3cccc(NC(=O)/C=C/CN(C)C)c3n2)c1CNc1nc(NCC2CCNCC2)nc2c(C(C)C)cnn12. The molecule has 0 bridgehead atoms. The molecule has 3 aromatic heterocycles. The lowest BCUT2D eigenvalue weighted by molar-refractivity contribution is -0.111. The molecule has 0 unspecified atom stereocenters. The molecule has 5 aromatic rings. The van der Waals surface area contributed by atoms with E-state index in [9.17, 15) is 4.79 Å². The fourth-order valence-corrected chi connectivity index (χ4v) is 6.10. The Labute approximate surface area is 282 Å². The van der Waals surface area contributed by atoms with E-state index in [4.69, 9.17) is 15.0 Å². The number of anilines is 3. The summed E-state index contributed by atoms with van der Waals surface area (Å²) in [6, 6.07) is 16.2. The van der Waals surface area contributed by atoms with Crippen LogP contribution in [0.1, 0.15) is 49.3 Å². The van der Waals surface area contributed by atoms with Crippen LogP contribution < -0.4 is 21.3 Å². The molecule has 1 saturated heterocycles. The molecule has 4 N–H and O–H groups in total. The van der Waals surface area contributed by atoms with Crippen molar-refractivity contribution in [2.24, 2.45) is 5.92 Å². The number of aromatic nitrogens is 5. The van der Waals surface area contributed by atoms with Gasteiger partial charge in [-0.15, -0.1) is 0 Å². The van der Waals surface area contributed by atoms with Crippen molar-refractivity contribution in [3.05, 3.63) is 83.6 Å². The molecule has 2 aromatic carbocycles. The van der Waals surface area contributed by atoms with Gasteiger partial charge in [-0.05, 0) is 82.0 Å². The first kappa shape index (κ1) is 33.0. The average Bonchev–Trinajstić information content (AvgIpc) is 3.52. The molecule has 1 aliphatic rings. The van der Waals surface area contributed by atoms with Crippen LogP contribution in [-0.2, 0) is 11.3 Å². The molecule has 0 spiro atoms. The van der Waals surface area contributed by atoms with Crippen molar-refractivity contribution in [2.75, 3.05) is 56.2 Å². The zero-order valence-corrected chi connectivity index (χ0v) is 28.5. The van der Waals surface area contributed by atoms with E-state index >= 15 is 0 Å². The Morgan fingerprint density at radius 1 is 1.04 bits per heavy atom. The van der Waals surface area contributed by atoms with Gasteiger partial charge in [0, 0.05) is 42.2 Å². The van der Waals surface area contributed by atoms with Crippen LogP contribution in [0, 0.1) is 12.8 Å². The first-order valence-corrected chi connectivity index (χ1v) is 16.8. The summed E-state index contributed by atoms with van der Waals surface area (Å²) in [6.45, 7) is 10.6. The number of nitrogens with one attached hydrogen (secondary N) is 4.